The number of likely N-dealkylation sites (N-methyl/N-ethyl adjacent to an activating group) is 1. The van der Waals surface area contributed by atoms with Gasteiger partial charge in [0.05, 0.1) is 5.52 Å². The highest BCUT2D eigenvalue weighted by atomic mass is 35.5. The number of pyridine rings is 1. The third kappa shape index (κ3) is 8.48. The standard InChI is InChI=1S/C21H30ClN4O5P/c1-3-26(11-12-31-21(28)25-20(14-27)32(29)30)10-4-5-15(2)24-18-8-9-23-19-13-16(22)6-7-17(18)19/h6-9,13-15,20,29-30H,3-5,10-12H2,1-2H3,(H,23,24)(H,25,28). The molecule has 9 nitrogen and oxygen atoms in total. The molecule has 0 fully saturated rings. The van der Waals surface area contributed by atoms with Crippen molar-refractivity contribution in [1.29, 1.82) is 0 Å². The number of rotatable bonds is 13. The molecular formula is C21H30ClN4O5P. The zero-order chi connectivity index (χ0) is 23.5. The number of carbonyl (C=O) groups is 2. The number of ether oxygens (including phenoxy) is 1. The van der Waals surface area contributed by atoms with Gasteiger partial charge in [-0.05, 0) is 57.1 Å². The Balaban J connectivity index is 1.72. The van der Waals surface area contributed by atoms with E-state index in [4.69, 9.17) is 26.1 Å². The number of benzene rings is 1. The van der Waals surface area contributed by atoms with Gasteiger partial charge >= 0.3 is 6.09 Å². The van der Waals surface area contributed by atoms with Crippen molar-refractivity contribution in [3.63, 3.8) is 0 Å². The smallest absolute Gasteiger partial charge is 0.408 e. The molecule has 0 aliphatic carbocycles. The van der Waals surface area contributed by atoms with Gasteiger partial charge in [-0.3, -0.25) is 4.98 Å². The fourth-order valence-corrected chi connectivity index (χ4v) is 3.71. The predicted molar refractivity (Wildman–Crippen MR) is 127 cm³/mol. The molecule has 1 aromatic heterocycles. The van der Waals surface area contributed by atoms with E-state index >= 15 is 0 Å². The van der Waals surface area contributed by atoms with Crippen LogP contribution in [0.1, 0.15) is 26.7 Å². The number of fused-ring (bicyclic) bond motifs is 1. The highest BCUT2D eigenvalue weighted by Crippen LogP contribution is 2.27. The summed E-state index contributed by atoms with van der Waals surface area (Å²) in [5.74, 6) is -1.34. The largest absolute Gasteiger partial charge is 0.448 e. The summed E-state index contributed by atoms with van der Waals surface area (Å²) in [4.78, 5) is 46.9. The highest BCUT2D eigenvalue weighted by Gasteiger charge is 2.20. The van der Waals surface area contributed by atoms with Crippen LogP contribution in [0.2, 0.25) is 5.02 Å². The molecule has 2 aromatic rings. The number of nitrogens with one attached hydrogen (secondary N) is 2. The van der Waals surface area contributed by atoms with E-state index in [0.29, 0.717) is 11.6 Å². The zero-order valence-corrected chi connectivity index (χ0v) is 19.9. The van der Waals surface area contributed by atoms with Crippen molar-refractivity contribution < 1.29 is 24.1 Å². The molecule has 0 aliphatic heterocycles. The molecular weight excluding hydrogens is 455 g/mol. The number of alkyl carbamates (subject to hydrolysis) is 1. The molecule has 2 atom stereocenters. The van der Waals surface area contributed by atoms with Gasteiger partial charge in [-0.2, -0.15) is 0 Å². The molecule has 11 heteroatoms. The van der Waals surface area contributed by atoms with E-state index in [1.807, 2.05) is 31.2 Å². The first-order chi connectivity index (χ1) is 15.3. The Hall–Kier alpha value is -2.03. The van der Waals surface area contributed by atoms with Gasteiger partial charge < -0.3 is 34.9 Å². The fourth-order valence-electron chi connectivity index (χ4n) is 3.21. The molecule has 32 heavy (non-hydrogen) atoms. The van der Waals surface area contributed by atoms with Crippen molar-refractivity contribution in [1.82, 2.24) is 15.2 Å². The van der Waals surface area contributed by atoms with Gasteiger partial charge in [0.15, 0.2) is 20.4 Å². The summed E-state index contributed by atoms with van der Waals surface area (Å²) in [6.45, 7) is 6.49. The van der Waals surface area contributed by atoms with E-state index in [2.05, 4.69) is 27.4 Å². The molecule has 0 radical (unpaired) electrons. The van der Waals surface area contributed by atoms with Crippen molar-refractivity contribution in [2.75, 3.05) is 31.6 Å². The normalized spacial score (nSPS) is 13.2. The predicted octanol–water partition coefficient (Wildman–Crippen LogP) is 3.34. The molecule has 0 saturated heterocycles. The maximum absolute atomic E-state index is 11.6. The minimum Gasteiger partial charge on any atom is -0.448 e. The topological polar surface area (TPSA) is 124 Å². The Morgan fingerprint density at radius 2 is 2.12 bits per heavy atom. The second-order valence-electron chi connectivity index (χ2n) is 7.32. The summed E-state index contributed by atoms with van der Waals surface area (Å²) in [7, 11) is -2.58. The number of amides is 1. The number of aldehydes is 1. The molecule has 4 N–H and O–H groups in total. The van der Waals surface area contributed by atoms with Crippen LogP contribution >= 0.6 is 20.0 Å². The quantitative estimate of drug-likeness (QED) is 0.252. The van der Waals surface area contributed by atoms with E-state index in [9.17, 15) is 9.59 Å². The highest BCUT2D eigenvalue weighted by molar-refractivity contribution is 7.47. The van der Waals surface area contributed by atoms with E-state index in [1.165, 1.54) is 0 Å². The molecule has 2 unspecified atom stereocenters. The Kier molecular flexibility index (Phi) is 11.1. The second-order valence-corrected chi connectivity index (χ2v) is 8.96. The number of carbonyl (C=O) groups excluding carboxylic acids is 2. The van der Waals surface area contributed by atoms with Crippen LogP contribution in [0.5, 0.6) is 0 Å². The molecule has 0 aliphatic rings. The lowest BCUT2D eigenvalue weighted by Crippen LogP contribution is -2.37. The number of aromatic nitrogens is 1. The van der Waals surface area contributed by atoms with Crippen LogP contribution in [0.25, 0.3) is 10.9 Å². The lowest BCUT2D eigenvalue weighted by Gasteiger charge is -2.22. The van der Waals surface area contributed by atoms with Crippen LogP contribution in [0.15, 0.2) is 30.5 Å². The number of nitrogens with zero attached hydrogens (tertiary/aromatic N) is 2. The Morgan fingerprint density at radius 1 is 1.34 bits per heavy atom. The monoisotopic (exact) mass is 484 g/mol. The van der Waals surface area contributed by atoms with Crippen LogP contribution in [0.4, 0.5) is 10.5 Å². The van der Waals surface area contributed by atoms with Gasteiger partial charge in [-0.1, -0.05) is 18.5 Å². The molecule has 2 rings (SSSR count). The molecule has 0 saturated carbocycles. The van der Waals surface area contributed by atoms with E-state index in [1.54, 1.807) is 6.20 Å². The van der Waals surface area contributed by atoms with Gasteiger partial charge in [-0.25, -0.2) is 4.79 Å². The zero-order valence-electron chi connectivity index (χ0n) is 18.2. The van der Waals surface area contributed by atoms with Crippen LogP contribution in [0, 0.1) is 0 Å². The number of anilines is 1. The third-order valence-electron chi connectivity index (χ3n) is 4.95. The first-order valence-corrected chi connectivity index (χ1v) is 12.1. The SMILES string of the molecule is CCN(CCCC(C)Nc1ccnc2cc(Cl)ccc12)CCOC(=O)NC(C=O)P(O)O. The van der Waals surface area contributed by atoms with Gasteiger partial charge in [-0.15, -0.1) is 0 Å². The molecule has 1 amide bonds. The van der Waals surface area contributed by atoms with Crippen LogP contribution in [-0.2, 0) is 9.53 Å². The molecule has 0 bridgehead atoms. The Bertz CT molecular complexity index is 888. The first kappa shape index (κ1) is 26.2. The number of hydrogen-bond donors (Lipinski definition) is 4. The lowest BCUT2D eigenvalue weighted by molar-refractivity contribution is -0.108. The molecule has 176 valence electrons. The van der Waals surface area contributed by atoms with Gasteiger partial charge in [0, 0.05) is 34.9 Å². The second kappa shape index (κ2) is 13.5. The summed E-state index contributed by atoms with van der Waals surface area (Å²) < 4.78 is 5.02. The van der Waals surface area contributed by atoms with E-state index in [0.717, 1.165) is 42.5 Å². The molecule has 1 aromatic carbocycles. The number of halogens is 1. The Morgan fingerprint density at radius 3 is 2.81 bits per heavy atom. The third-order valence-corrected chi connectivity index (χ3v) is 5.93. The minimum absolute atomic E-state index is 0.138. The van der Waals surface area contributed by atoms with E-state index < -0.39 is 20.3 Å². The maximum Gasteiger partial charge on any atom is 0.408 e. The van der Waals surface area contributed by atoms with Crippen LogP contribution in [0.3, 0.4) is 0 Å². The van der Waals surface area contributed by atoms with Crippen molar-refractivity contribution in [2.24, 2.45) is 0 Å². The molecule has 0 spiro atoms. The summed E-state index contributed by atoms with van der Waals surface area (Å²) in [6.07, 6.45) is 3.09. The van der Waals surface area contributed by atoms with Crippen molar-refractivity contribution in [2.45, 2.75) is 38.5 Å². The van der Waals surface area contributed by atoms with Gasteiger partial charge in [0.25, 0.3) is 0 Å². The summed E-state index contributed by atoms with van der Waals surface area (Å²) >= 11 is 6.05. The Labute approximate surface area is 194 Å². The van der Waals surface area contributed by atoms with Crippen molar-refractivity contribution in [3.8, 4) is 0 Å². The minimum atomic E-state index is -2.58. The fraction of sp³-hybridized carbons (Fsp3) is 0.476. The summed E-state index contributed by atoms with van der Waals surface area (Å²) in [5, 5.41) is 7.34. The average molecular weight is 485 g/mol. The average Bonchev–Trinajstić information content (AvgIpc) is 2.76. The van der Waals surface area contributed by atoms with E-state index in [-0.39, 0.29) is 18.9 Å². The summed E-state index contributed by atoms with van der Waals surface area (Å²) in [5.41, 5.74) is 1.87. The van der Waals surface area contributed by atoms with Gasteiger partial charge in [0.2, 0.25) is 0 Å². The van der Waals surface area contributed by atoms with Crippen LogP contribution in [-0.4, -0.2) is 70.1 Å². The van der Waals surface area contributed by atoms with Crippen molar-refractivity contribution in [3.05, 3.63) is 35.5 Å². The maximum atomic E-state index is 11.6. The van der Waals surface area contributed by atoms with Crippen molar-refractivity contribution >= 4 is 48.9 Å². The first-order valence-electron chi connectivity index (χ1n) is 10.4. The number of hydrogen-bond acceptors (Lipinski definition) is 8. The lowest BCUT2D eigenvalue weighted by atomic mass is 10.1. The van der Waals surface area contributed by atoms with Gasteiger partial charge in [0.1, 0.15) is 6.61 Å². The molecule has 1 heterocycles. The van der Waals surface area contributed by atoms with Crippen LogP contribution < -0.4 is 10.6 Å². The summed E-state index contributed by atoms with van der Waals surface area (Å²) in [6, 6.07) is 7.88.